The van der Waals surface area contributed by atoms with Crippen molar-refractivity contribution in [2.75, 3.05) is 0 Å². The van der Waals surface area contributed by atoms with Gasteiger partial charge >= 0.3 is 0 Å². The van der Waals surface area contributed by atoms with E-state index in [9.17, 15) is 9.18 Å². The molecule has 1 N–H and O–H groups in total. The smallest absolute Gasteiger partial charge is 0.266 e. The highest BCUT2D eigenvalue weighted by Crippen LogP contribution is 2.19. The van der Waals surface area contributed by atoms with Gasteiger partial charge in [-0.2, -0.15) is 19.7 Å². The summed E-state index contributed by atoms with van der Waals surface area (Å²) in [6.45, 7) is 3.44. The third-order valence-electron chi connectivity index (χ3n) is 2.92. The van der Waals surface area contributed by atoms with Crippen molar-refractivity contribution in [1.82, 2.24) is 25.0 Å². The van der Waals surface area contributed by atoms with Gasteiger partial charge < -0.3 is 0 Å². The molecule has 0 saturated carbocycles. The third kappa shape index (κ3) is 2.87. The molecule has 0 spiro atoms. The molecular weight excluding hydrogens is 343 g/mol. The van der Waals surface area contributed by atoms with Crippen molar-refractivity contribution in [3.05, 3.63) is 33.1 Å². The molecule has 0 aliphatic heterocycles. The lowest BCUT2D eigenvalue weighted by molar-refractivity contribution is 0.0945. The quantitative estimate of drug-likeness (QED) is 0.667. The summed E-state index contributed by atoms with van der Waals surface area (Å²) in [5, 5.41) is 11.8. The maximum absolute atomic E-state index is 13.7. The van der Waals surface area contributed by atoms with Crippen molar-refractivity contribution < 1.29 is 9.18 Å². The van der Waals surface area contributed by atoms with E-state index in [2.05, 4.69) is 36.7 Å². The molecule has 2 aromatic heterocycles. The summed E-state index contributed by atoms with van der Waals surface area (Å²) in [5.41, 5.74) is 4.10. The van der Waals surface area contributed by atoms with Gasteiger partial charge in [-0.25, -0.2) is 10.1 Å². The summed E-state index contributed by atoms with van der Waals surface area (Å²) >= 11 is 3.30. The SMILES string of the molecule is Cc1nn(C)c(C(=O)N/N=C/c2c(C)nn(C)c2F)c1Br. The third-order valence-corrected chi connectivity index (χ3v) is 3.87. The maximum Gasteiger partial charge on any atom is 0.290 e. The average Bonchev–Trinajstić information content (AvgIpc) is 2.79. The molecule has 0 aromatic carbocycles. The van der Waals surface area contributed by atoms with E-state index in [-0.39, 0.29) is 5.56 Å². The fourth-order valence-corrected chi connectivity index (χ4v) is 2.40. The minimum atomic E-state index is -0.511. The van der Waals surface area contributed by atoms with Gasteiger partial charge in [0.05, 0.1) is 27.6 Å². The number of halogens is 2. The van der Waals surface area contributed by atoms with Gasteiger partial charge in [0.15, 0.2) is 0 Å². The van der Waals surface area contributed by atoms with E-state index in [1.54, 1.807) is 20.9 Å². The highest BCUT2D eigenvalue weighted by atomic mass is 79.9. The largest absolute Gasteiger partial charge is 0.290 e. The average molecular weight is 357 g/mol. The molecule has 0 bridgehead atoms. The number of carbonyl (C=O) groups excluding carboxylic acids is 1. The summed E-state index contributed by atoms with van der Waals surface area (Å²) in [6, 6.07) is 0. The van der Waals surface area contributed by atoms with Crippen molar-refractivity contribution in [1.29, 1.82) is 0 Å². The van der Waals surface area contributed by atoms with Crippen molar-refractivity contribution in [3.63, 3.8) is 0 Å². The predicted octanol–water partition coefficient (Wildman–Crippen LogP) is 1.44. The van der Waals surface area contributed by atoms with E-state index in [1.807, 2.05) is 0 Å². The number of rotatable bonds is 3. The van der Waals surface area contributed by atoms with Gasteiger partial charge in [0.1, 0.15) is 5.69 Å². The zero-order valence-corrected chi connectivity index (χ0v) is 13.6. The van der Waals surface area contributed by atoms with E-state index in [0.717, 1.165) is 4.68 Å². The number of amides is 1. The molecule has 1 amide bonds. The number of hydrogen-bond acceptors (Lipinski definition) is 4. The van der Waals surface area contributed by atoms with Gasteiger partial charge in [-0.1, -0.05) is 0 Å². The van der Waals surface area contributed by atoms with Gasteiger partial charge in [-0.15, -0.1) is 0 Å². The van der Waals surface area contributed by atoms with Gasteiger partial charge in [-0.3, -0.25) is 9.48 Å². The van der Waals surface area contributed by atoms with E-state index >= 15 is 0 Å². The second kappa shape index (κ2) is 5.76. The Morgan fingerprint density at radius 1 is 1.29 bits per heavy atom. The Morgan fingerprint density at radius 3 is 2.38 bits per heavy atom. The number of aromatic nitrogens is 4. The molecule has 21 heavy (non-hydrogen) atoms. The summed E-state index contributed by atoms with van der Waals surface area (Å²) in [6.07, 6.45) is 1.23. The van der Waals surface area contributed by atoms with E-state index < -0.39 is 11.9 Å². The van der Waals surface area contributed by atoms with Crippen LogP contribution in [0.1, 0.15) is 27.4 Å². The summed E-state index contributed by atoms with van der Waals surface area (Å²) in [5.74, 6) is -0.953. The molecule has 0 aliphatic rings. The van der Waals surface area contributed by atoms with Crippen LogP contribution in [-0.2, 0) is 14.1 Å². The van der Waals surface area contributed by atoms with Crippen LogP contribution < -0.4 is 5.43 Å². The van der Waals surface area contributed by atoms with Crippen molar-refractivity contribution in [2.45, 2.75) is 13.8 Å². The first kappa shape index (κ1) is 15.4. The molecule has 7 nitrogen and oxygen atoms in total. The molecule has 0 unspecified atom stereocenters. The first-order valence-corrected chi connectivity index (χ1v) is 6.83. The Balaban J connectivity index is 2.16. The van der Waals surface area contributed by atoms with Gasteiger partial charge in [0.2, 0.25) is 5.95 Å². The van der Waals surface area contributed by atoms with Crippen molar-refractivity contribution in [3.8, 4) is 0 Å². The van der Waals surface area contributed by atoms with Crippen LogP contribution in [0, 0.1) is 19.8 Å². The number of nitrogens with zero attached hydrogens (tertiary/aromatic N) is 5. The van der Waals surface area contributed by atoms with Crippen LogP contribution in [0.25, 0.3) is 0 Å². The first-order valence-electron chi connectivity index (χ1n) is 6.04. The van der Waals surface area contributed by atoms with Crippen LogP contribution in [0.3, 0.4) is 0 Å². The molecule has 0 saturated heterocycles. The topological polar surface area (TPSA) is 77.1 Å². The van der Waals surface area contributed by atoms with Gasteiger partial charge in [0, 0.05) is 14.1 Å². The summed E-state index contributed by atoms with van der Waals surface area (Å²) < 4.78 is 16.8. The fraction of sp³-hybridized carbons (Fsp3) is 0.333. The van der Waals surface area contributed by atoms with E-state index in [1.165, 1.54) is 17.9 Å². The lowest BCUT2D eigenvalue weighted by Crippen LogP contribution is -2.21. The molecular formula is C12H14BrFN6O. The second-order valence-corrected chi connectivity index (χ2v) is 5.28. The number of nitrogens with one attached hydrogen (secondary N) is 1. The molecule has 0 aliphatic carbocycles. The minimum Gasteiger partial charge on any atom is -0.266 e. The Labute approximate surface area is 129 Å². The lowest BCUT2D eigenvalue weighted by Gasteiger charge is -2.00. The fourth-order valence-electron chi connectivity index (χ4n) is 1.88. The van der Waals surface area contributed by atoms with Crippen LogP contribution in [-0.4, -0.2) is 31.7 Å². The lowest BCUT2D eigenvalue weighted by atomic mass is 10.3. The monoisotopic (exact) mass is 356 g/mol. The molecule has 0 fully saturated rings. The number of carbonyl (C=O) groups is 1. The van der Waals surface area contributed by atoms with Gasteiger partial charge in [0.25, 0.3) is 5.91 Å². The number of hydrogen-bond donors (Lipinski definition) is 1. The van der Waals surface area contributed by atoms with Crippen molar-refractivity contribution in [2.24, 2.45) is 19.2 Å². The highest BCUT2D eigenvalue weighted by molar-refractivity contribution is 9.10. The molecule has 2 aromatic rings. The second-order valence-electron chi connectivity index (χ2n) is 4.48. The Hall–Kier alpha value is -2.03. The number of hydrazone groups is 1. The molecule has 2 heterocycles. The standard InChI is InChI=1S/C12H14BrFN6O/c1-6-8(11(14)20(4)17-6)5-15-16-12(21)10-9(13)7(2)18-19(10)3/h5H,1-4H3,(H,16,21)/b15-5+. The van der Waals surface area contributed by atoms with Crippen LogP contribution in [0.4, 0.5) is 4.39 Å². The normalized spacial score (nSPS) is 11.3. The summed E-state index contributed by atoms with van der Waals surface area (Å²) in [7, 11) is 3.15. The Morgan fingerprint density at radius 2 is 1.90 bits per heavy atom. The van der Waals surface area contributed by atoms with Crippen LogP contribution in [0.2, 0.25) is 0 Å². The van der Waals surface area contributed by atoms with Crippen LogP contribution in [0.5, 0.6) is 0 Å². The van der Waals surface area contributed by atoms with Crippen LogP contribution >= 0.6 is 15.9 Å². The zero-order chi connectivity index (χ0) is 15.7. The van der Waals surface area contributed by atoms with Crippen molar-refractivity contribution >= 4 is 28.1 Å². The van der Waals surface area contributed by atoms with Gasteiger partial charge in [-0.05, 0) is 29.8 Å². The zero-order valence-electron chi connectivity index (χ0n) is 12.0. The predicted molar refractivity (Wildman–Crippen MR) is 78.6 cm³/mol. The molecule has 0 atom stereocenters. The molecule has 2 rings (SSSR count). The molecule has 0 radical (unpaired) electrons. The molecule has 9 heteroatoms. The first-order chi connectivity index (χ1) is 9.82. The maximum atomic E-state index is 13.7. The van der Waals surface area contributed by atoms with E-state index in [0.29, 0.717) is 21.6 Å². The Kier molecular flexibility index (Phi) is 4.21. The number of aryl methyl sites for hydroxylation is 4. The Bertz CT molecular complexity index is 733. The van der Waals surface area contributed by atoms with Crippen LogP contribution in [0.15, 0.2) is 9.57 Å². The molecule has 112 valence electrons. The minimum absolute atomic E-state index is 0.234. The summed E-state index contributed by atoms with van der Waals surface area (Å²) in [4.78, 5) is 12.0. The highest BCUT2D eigenvalue weighted by Gasteiger charge is 2.18. The van der Waals surface area contributed by atoms with E-state index in [4.69, 9.17) is 0 Å².